The van der Waals surface area contributed by atoms with Gasteiger partial charge in [0.05, 0.1) is 21.5 Å². The molecule has 0 amide bonds. The van der Waals surface area contributed by atoms with E-state index in [0.717, 1.165) is 55.6 Å². The van der Waals surface area contributed by atoms with Crippen molar-refractivity contribution in [1.82, 2.24) is 9.97 Å². The smallest absolute Gasteiger partial charge is 0.175 e. The van der Waals surface area contributed by atoms with Crippen molar-refractivity contribution in [2.75, 3.05) is 6.26 Å². The number of hydrogen-bond acceptors (Lipinski definition) is 4. The van der Waals surface area contributed by atoms with Crippen LogP contribution in [0.4, 0.5) is 0 Å². The van der Waals surface area contributed by atoms with Gasteiger partial charge >= 0.3 is 0 Å². The molecule has 3 aromatic carbocycles. The van der Waals surface area contributed by atoms with E-state index in [2.05, 4.69) is 47.3 Å². The summed E-state index contributed by atoms with van der Waals surface area (Å²) >= 11 is 0. The van der Waals surface area contributed by atoms with Crippen molar-refractivity contribution in [3.8, 4) is 23.5 Å². The fraction of sp³-hybridized carbons (Fsp3) is 0.143. The summed E-state index contributed by atoms with van der Waals surface area (Å²) in [6.45, 7) is 6.09. The van der Waals surface area contributed by atoms with Crippen LogP contribution in [0.2, 0.25) is 0 Å². The van der Waals surface area contributed by atoms with Crippen LogP contribution >= 0.6 is 0 Å². The Morgan fingerprint density at radius 1 is 0.925 bits per heavy atom. The van der Waals surface area contributed by atoms with Crippen molar-refractivity contribution in [2.45, 2.75) is 31.1 Å². The van der Waals surface area contributed by atoms with Crippen LogP contribution in [-0.2, 0) is 15.3 Å². The first-order valence-corrected chi connectivity index (χ1v) is 14.9. The van der Waals surface area contributed by atoms with Crippen LogP contribution in [0.3, 0.4) is 0 Å². The summed E-state index contributed by atoms with van der Waals surface area (Å²) in [5.74, 6) is 2.92. The summed E-state index contributed by atoms with van der Waals surface area (Å²) in [5.41, 5.74) is 8.18. The second-order valence-corrected chi connectivity index (χ2v) is 12.6. The molecule has 0 aliphatic heterocycles. The minimum absolute atomic E-state index is 0.281. The zero-order valence-corrected chi connectivity index (χ0v) is 23.8. The van der Waals surface area contributed by atoms with E-state index in [0.29, 0.717) is 0 Å². The molecular weight excluding hydrogens is 512 g/mol. The maximum absolute atomic E-state index is 12.0. The minimum atomic E-state index is -3.30. The zero-order chi connectivity index (χ0) is 28.5. The number of rotatable bonds is 6. The van der Waals surface area contributed by atoms with E-state index >= 15 is 0 Å². The van der Waals surface area contributed by atoms with Gasteiger partial charge in [0.1, 0.15) is 0 Å². The lowest BCUT2D eigenvalue weighted by molar-refractivity contribution is 0.602. The molecule has 0 spiro atoms. The molecule has 198 valence electrons. The molecule has 0 saturated heterocycles. The molecule has 4 nitrogen and oxygen atoms in total. The number of benzene rings is 3. The Hall–Kier alpha value is -4.53. The molecule has 5 heteroatoms. The molecule has 40 heavy (non-hydrogen) atoms. The summed E-state index contributed by atoms with van der Waals surface area (Å²) in [7, 11) is -3.30. The van der Waals surface area contributed by atoms with E-state index in [1.54, 1.807) is 12.1 Å². The number of hydrogen-bond donors (Lipinski definition) is 0. The minimum Gasteiger partial charge on any atom is -0.256 e. The molecule has 0 atom stereocenters. The van der Waals surface area contributed by atoms with Gasteiger partial charge in [-0.3, -0.25) is 9.97 Å². The van der Waals surface area contributed by atoms with Crippen LogP contribution in [-0.4, -0.2) is 24.6 Å². The predicted octanol–water partition coefficient (Wildman–Crippen LogP) is 7.51. The van der Waals surface area contributed by atoms with Crippen molar-refractivity contribution in [3.63, 3.8) is 0 Å². The molecule has 2 aromatic heterocycles. The Labute approximate surface area is 236 Å². The average Bonchev–Trinajstić information content (AvgIpc) is 2.95. The lowest BCUT2D eigenvalue weighted by Gasteiger charge is -2.20. The van der Waals surface area contributed by atoms with Gasteiger partial charge in [0.2, 0.25) is 0 Å². The van der Waals surface area contributed by atoms with Crippen LogP contribution in [0.25, 0.3) is 33.7 Å². The van der Waals surface area contributed by atoms with Crippen molar-refractivity contribution in [2.24, 2.45) is 0 Å². The van der Waals surface area contributed by atoms with Crippen molar-refractivity contribution >= 4 is 32.4 Å². The third-order valence-electron chi connectivity index (χ3n) is 7.08. The topological polar surface area (TPSA) is 59.9 Å². The maximum Gasteiger partial charge on any atom is 0.175 e. The van der Waals surface area contributed by atoms with Gasteiger partial charge in [-0.2, -0.15) is 0 Å². The molecule has 0 fully saturated rings. The third kappa shape index (κ3) is 5.59. The van der Waals surface area contributed by atoms with E-state index in [1.807, 2.05) is 75.6 Å². The molecule has 2 heterocycles. The van der Waals surface area contributed by atoms with Crippen LogP contribution in [0.1, 0.15) is 41.8 Å². The first-order valence-electron chi connectivity index (χ1n) is 13.0. The molecule has 0 bridgehead atoms. The number of nitrogens with zero attached hydrogens (tertiary/aromatic N) is 2. The lowest BCUT2D eigenvalue weighted by atomic mass is 9.83. The van der Waals surface area contributed by atoms with E-state index in [1.165, 1.54) is 6.26 Å². The molecular formula is C35H30N2O2S. The van der Waals surface area contributed by atoms with Gasteiger partial charge in [0.15, 0.2) is 9.84 Å². The normalized spacial score (nSPS) is 12.3. The summed E-state index contributed by atoms with van der Waals surface area (Å²) in [5, 5.41) is 1.04. The van der Waals surface area contributed by atoms with Gasteiger partial charge in [0.25, 0.3) is 0 Å². The molecule has 0 aliphatic rings. The number of sulfone groups is 1. The summed E-state index contributed by atoms with van der Waals surface area (Å²) in [6, 6.07) is 27.5. The summed E-state index contributed by atoms with van der Waals surface area (Å²) in [6.07, 6.45) is 12.8. The van der Waals surface area contributed by atoms with Crippen LogP contribution < -0.4 is 0 Å². The van der Waals surface area contributed by atoms with Crippen LogP contribution in [0.5, 0.6) is 0 Å². The van der Waals surface area contributed by atoms with Crippen LogP contribution in [0, 0.1) is 19.3 Å². The largest absolute Gasteiger partial charge is 0.256 e. The standard InChI is InChI=1S/C35H30N2O2S/c1-6-35(3,4)29-21-28-11-8-18-36-34(28)32(22-29)27-10-7-9-25(19-27)20-31(33-17-12-24(2)23-37-33)26-13-15-30(16-14-26)40(5,38)39/h1,7-23H,2-5H3/b31-20-. The van der Waals surface area contributed by atoms with Gasteiger partial charge in [0, 0.05) is 35.2 Å². The van der Waals surface area contributed by atoms with Gasteiger partial charge < -0.3 is 0 Å². The Morgan fingerprint density at radius 3 is 2.38 bits per heavy atom. The second-order valence-electron chi connectivity index (χ2n) is 10.6. The first kappa shape index (κ1) is 27.1. The highest BCUT2D eigenvalue weighted by Gasteiger charge is 2.20. The first-order chi connectivity index (χ1) is 19.0. The highest BCUT2D eigenvalue weighted by atomic mass is 32.2. The monoisotopic (exact) mass is 542 g/mol. The van der Waals surface area contributed by atoms with Gasteiger partial charge in [-0.05, 0) is 97.1 Å². The van der Waals surface area contributed by atoms with Crippen LogP contribution in [0.15, 0.2) is 102 Å². The maximum atomic E-state index is 12.0. The SMILES string of the molecule is C#CC(C)(C)c1cc(-c2cccc(/C=C(/c3ccc(S(C)(=O)=O)cc3)c3ccc(C)cn3)c2)c2ncccc2c1. The highest BCUT2D eigenvalue weighted by molar-refractivity contribution is 7.90. The van der Waals surface area contributed by atoms with E-state index in [-0.39, 0.29) is 4.90 Å². The molecule has 0 unspecified atom stereocenters. The van der Waals surface area contributed by atoms with Gasteiger partial charge in [-0.25, -0.2) is 8.42 Å². The van der Waals surface area contributed by atoms with Gasteiger partial charge in [-0.15, -0.1) is 6.42 Å². The summed E-state index contributed by atoms with van der Waals surface area (Å²) in [4.78, 5) is 9.66. The molecule has 5 rings (SSSR count). The van der Waals surface area contributed by atoms with Crippen molar-refractivity contribution in [1.29, 1.82) is 0 Å². The Morgan fingerprint density at radius 2 is 1.70 bits per heavy atom. The number of fused-ring (bicyclic) bond motifs is 1. The quantitative estimate of drug-likeness (QED) is 0.165. The second kappa shape index (κ2) is 10.6. The molecule has 5 aromatic rings. The average molecular weight is 543 g/mol. The number of aromatic nitrogens is 2. The number of aryl methyl sites for hydroxylation is 1. The molecule has 0 radical (unpaired) electrons. The van der Waals surface area contributed by atoms with E-state index in [9.17, 15) is 8.42 Å². The fourth-order valence-electron chi connectivity index (χ4n) is 4.63. The van der Waals surface area contributed by atoms with Gasteiger partial charge in [-0.1, -0.05) is 48.4 Å². The Kier molecular flexibility index (Phi) is 7.14. The highest BCUT2D eigenvalue weighted by Crippen LogP contribution is 2.35. The van der Waals surface area contributed by atoms with Crippen molar-refractivity contribution in [3.05, 3.63) is 125 Å². The lowest BCUT2D eigenvalue weighted by Crippen LogP contribution is -2.14. The fourth-order valence-corrected chi connectivity index (χ4v) is 5.26. The number of pyridine rings is 2. The zero-order valence-electron chi connectivity index (χ0n) is 23.0. The van der Waals surface area contributed by atoms with E-state index in [4.69, 9.17) is 11.4 Å². The molecule has 0 N–H and O–H groups in total. The number of terminal acetylenes is 1. The Balaban J connectivity index is 1.67. The van der Waals surface area contributed by atoms with Crippen molar-refractivity contribution < 1.29 is 8.42 Å². The van der Waals surface area contributed by atoms with E-state index < -0.39 is 15.3 Å². The predicted molar refractivity (Wildman–Crippen MR) is 165 cm³/mol. The molecule has 0 aliphatic carbocycles. The Bertz CT molecular complexity index is 1890. The summed E-state index contributed by atoms with van der Waals surface area (Å²) < 4.78 is 24.1. The third-order valence-corrected chi connectivity index (χ3v) is 8.21. The molecule has 0 saturated carbocycles.